The maximum atomic E-state index is 13.7. The molecule has 0 aliphatic carbocycles. The molecule has 0 aliphatic rings. The quantitative estimate of drug-likeness (QED) is 0.746. The molecule has 0 heterocycles. The molecule has 0 bridgehead atoms. The highest BCUT2D eigenvalue weighted by atomic mass is 32.2. The zero-order valence-corrected chi connectivity index (χ0v) is 12.5. The van der Waals surface area contributed by atoms with E-state index in [0.717, 1.165) is 4.31 Å². The second-order valence-electron chi connectivity index (χ2n) is 4.51. The molecule has 0 fully saturated rings. The van der Waals surface area contributed by atoms with E-state index in [4.69, 9.17) is 5.11 Å². The Balaban J connectivity index is 3.18. The summed E-state index contributed by atoms with van der Waals surface area (Å²) in [4.78, 5) is -0.893. The van der Waals surface area contributed by atoms with Crippen molar-refractivity contribution in [1.82, 2.24) is 4.31 Å². The van der Waals surface area contributed by atoms with Gasteiger partial charge >= 0.3 is 0 Å². The highest BCUT2D eigenvalue weighted by molar-refractivity contribution is 7.89. The number of aliphatic hydroxyl groups is 1. The Hall–Kier alpha value is -1.12. The lowest BCUT2D eigenvalue weighted by Gasteiger charge is -2.22. The van der Waals surface area contributed by atoms with E-state index in [1.165, 1.54) is 0 Å². The van der Waals surface area contributed by atoms with Crippen LogP contribution in [0.1, 0.15) is 26.2 Å². The van der Waals surface area contributed by atoms with Crippen molar-refractivity contribution >= 4 is 10.0 Å². The summed E-state index contributed by atoms with van der Waals surface area (Å²) in [6.07, 6.45) is 1.43. The van der Waals surface area contributed by atoms with Gasteiger partial charge in [-0.25, -0.2) is 21.6 Å². The summed E-state index contributed by atoms with van der Waals surface area (Å²) in [6.45, 7) is 1.74. The van der Waals surface area contributed by atoms with Gasteiger partial charge in [-0.3, -0.25) is 0 Å². The van der Waals surface area contributed by atoms with E-state index in [2.05, 4.69) is 0 Å². The predicted molar refractivity (Wildman–Crippen MR) is 71.7 cm³/mol. The lowest BCUT2D eigenvalue weighted by atomic mass is 10.3. The van der Waals surface area contributed by atoms with Gasteiger partial charge in [0.1, 0.15) is 4.90 Å². The maximum absolute atomic E-state index is 13.7. The smallest absolute Gasteiger partial charge is 0.246 e. The molecular weight excluding hydrogens is 307 g/mol. The first-order valence-electron chi connectivity index (χ1n) is 6.60. The Bertz CT molecular complexity index is 570. The molecule has 120 valence electrons. The van der Waals surface area contributed by atoms with Crippen LogP contribution in [0.4, 0.5) is 13.2 Å². The van der Waals surface area contributed by atoms with Gasteiger partial charge in [0.2, 0.25) is 10.0 Å². The highest BCUT2D eigenvalue weighted by Crippen LogP contribution is 2.23. The summed E-state index contributed by atoms with van der Waals surface area (Å²) in [7, 11) is -4.27. The van der Waals surface area contributed by atoms with Gasteiger partial charge in [-0.15, -0.1) is 0 Å². The van der Waals surface area contributed by atoms with Gasteiger partial charge in [-0.1, -0.05) is 13.3 Å². The van der Waals surface area contributed by atoms with Gasteiger partial charge in [0, 0.05) is 19.7 Å². The van der Waals surface area contributed by atoms with Crippen LogP contribution in [0.3, 0.4) is 0 Å². The predicted octanol–water partition coefficient (Wildman–Crippen LogP) is 2.28. The Morgan fingerprint density at radius 3 is 2.29 bits per heavy atom. The van der Waals surface area contributed by atoms with Crippen LogP contribution in [0.5, 0.6) is 0 Å². The van der Waals surface area contributed by atoms with E-state index >= 15 is 0 Å². The lowest BCUT2D eigenvalue weighted by Crippen LogP contribution is -2.34. The number of hydrogen-bond donors (Lipinski definition) is 1. The van der Waals surface area contributed by atoms with Crippen LogP contribution in [-0.4, -0.2) is 37.5 Å². The molecule has 0 radical (unpaired) electrons. The van der Waals surface area contributed by atoms with Crippen molar-refractivity contribution in [3.63, 3.8) is 0 Å². The fraction of sp³-hybridized carbons (Fsp3) is 0.538. The molecule has 8 heteroatoms. The Morgan fingerprint density at radius 2 is 1.71 bits per heavy atom. The molecule has 1 N–H and O–H groups in total. The summed E-state index contributed by atoms with van der Waals surface area (Å²) < 4.78 is 65.5. The number of nitrogens with zero attached hydrogens (tertiary/aromatic N) is 1. The molecule has 0 saturated heterocycles. The lowest BCUT2D eigenvalue weighted by molar-refractivity contribution is 0.268. The average molecular weight is 325 g/mol. The van der Waals surface area contributed by atoms with Crippen LogP contribution in [0.15, 0.2) is 17.0 Å². The van der Waals surface area contributed by atoms with E-state index in [1.807, 2.05) is 6.92 Å². The number of benzene rings is 1. The highest BCUT2D eigenvalue weighted by Gasteiger charge is 2.29. The second-order valence-corrected chi connectivity index (χ2v) is 6.41. The fourth-order valence-corrected chi connectivity index (χ4v) is 3.35. The number of aliphatic hydroxyl groups excluding tert-OH is 1. The summed E-state index contributed by atoms with van der Waals surface area (Å²) >= 11 is 0. The Labute approximate surface area is 122 Å². The average Bonchev–Trinajstić information content (AvgIpc) is 2.44. The normalized spacial score (nSPS) is 12.1. The van der Waals surface area contributed by atoms with Gasteiger partial charge < -0.3 is 5.11 Å². The first-order chi connectivity index (χ1) is 9.86. The minimum atomic E-state index is -4.27. The molecule has 4 nitrogen and oxygen atoms in total. The molecule has 0 aliphatic heterocycles. The second kappa shape index (κ2) is 7.77. The molecule has 0 atom stereocenters. The Kier molecular flexibility index (Phi) is 6.63. The van der Waals surface area contributed by atoms with Gasteiger partial charge in [0.05, 0.1) is 0 Å². The van der Waals surface area contributed by atoms with E-state index in [1.54, 1.807) is 0 Å². The van der Waals surface area contributed by atoms with Gasteiger partial charge in [-0.05, 0) is 25.0 Å². The maximum Gasteiger partial charge on any atom is 0.246 e. The minimum absolute atomic E-state index is 0.0166. The van der Waals surface area contributed by atoms with E-state index in [9.17, 15) is 21.6 Å². The SMILES string of the molecule is CCCCN(CCCO)S(=O)(=O)c1ccc(F)c(F)c1F. The van der Waals surface area contributed by atoms with Crippen molar-refractivity contribution in [3.8, 4) is 0 Å². The summed E-state index contributed by atoms with van der Waals surface area (Å²) in [6, 6.07) is 1.29. The minimum Gasteiger partial charge on any atom is -0.396 e. The molecule has 0 saturated carbocycles. The summed E-state index contributed by atoms with van der Waals surface area (Å²) in [5, 5.41) is 8.81. The fourth-order valence-electron chi connectivity index (χ4n) is 1.78. The van der Waals surface area contributed by atoms with Crippen LogP contribution in [0, 0.1) is 17.5 Å². The number of hydrogen-bond acceptors (Lipinski definition) is 3. The third-order valence-electron chi connectivity index (χ3n) is 2.94. The largest absolute Gasteiger partial charge is 0.396 e. The van der Waals surface area contributed by atoms with Crippen molar-refractivity contribution in [1.29, 1.82) is 0 Å². The molecule has 1 aromatic rings. The van der Waals surface area contributed by atoms with Crippen molar-refractivity contribution in [3.05, 3.63) is 29.6 Å². The van der Waals surface area contributed by atoms with Crippen LogP contribution < -0.4 is 0 Å². The monoisotopic (exact) mass is 325 g/mol. The molecule has 1 rings (SSSR count). The third kappa shape index (κ3) is 4.18. The van der Waals surface area contributed by atoms with Crippen LogP contribution in [-0.2, 0) is 10.0 Å². The molecule has 1 aromatic carbocycles. The van der Waals surface area contributed by atoms with Crippen molar-refractivity contribution < 1.29 is 26.7 Å². The van der Waals surface area contributed by atoms with Gasteiger partial charge in [0.25, 0.3) is 0 Å². The van der Waals surface area contributed by atoms with Crippen molar-refractivity contribution in [2.75, 3.05) is 19.7 Å². The molecule has 0 amide bonds. The Morgan fingerprint density at radius 1 is 1.10 bits per heavy atom. The van der Waals surface area contributed by atoms with Crippen LogP contribution >= 0.6 is 0 Å². The zero-order valence-electron chi connectivity index (χ0n) is 11.7. The molecule has 0 aromatic heterocycles. The van der Waals surface area contributed by atoms with Crippen LogP contribution in [0.2, 0.25) is 0 Å². The van der Waals surface area contributed by atoms with Gasteiger partial charge in [-0.2, -0.15) is 4.31 Å². The number of halogens is 3. The first kappa shape index (κ1) is 17.9. The van der Waals surface area contributed by atoms with Crippen molar-refractivity contribution in [2.24, 2.45) is 0 Å². The standard InChI is InChI=1S/C13H18F3NO3S/c1-2-3-7-17(8-4-9-18)21(19,20)11-6-5-10(14)12(15)13(11)16/h5-6,18H,2-4,7-9H2,1H3. The van der Waals surface area contributed by atoms with E-state index in [-0.39, 0.29) is 26.1 Å². The summed E-state index contributed by atoms with van der Waals surface area (Å²) in [5.41, 5.74) is 0. The number of rotatable bonds is 8. The molecule has 21 heavy (non-hydrogen) atoms. The third-order valence-corrected chi connectivity index (χ3v) is 4.86. The van der Waals surface area contributed by atoms with E-state index in [0.29, 0.717) is 25.0 Å². The molecule has 0 unspecified atom stereocenters. The zero-order chi connectivity index (χ0) is 16.0. The topological polar surface area (TPSA) is 57.6 Å². The number of sulfonamides is 1. The summed E-state index contributed by atoms with van der Waals surface area (Å²) in [5.74, 6) is -4.98. The molecule has 0 spiro atoms. The van der Waals surface area contributed by atoms with Crippen LogP contribution in [0.25, 0.3) is 0 Å². The van der Waals surface area contributed by atoms with Gasteiger partial charge in [0.15, 0.2) is 17.5 Å². The first-order valence-corrected chi connectivity index (χ1v) is 8.04. The van der Waals surface area contributed by atoms with E-state index < -0.39 is 32.4 Å². The molecular formula is C13H18F3NO3S. The number of unbranched alkanes of at least 4 members (excludes halogenated alkanes) is 1. The van der Waals surface area contributed by atoms with Crippen molar-refractivity contribution in [2.45, 2.75) is 31.1 Å².